The average molecular weight is 230 g/mol. The van der Waals surface area contributed by atoms with Crippen LogP contribution in [0.15, 0.2) is 24.3 Å². The molecule has 1 nitrogen and oxygen atoms in total. The Labute approximate surface area is 109 Å². The number of nitriles is 1. The molecule has 0 amide bonds. The summed E-state index contributed by atoms with van der Waals surface area (Å²) in [6.07, 6.45) is 1.64. The van der Waals surface area contributed by atoms with Gasteiger partial charge < -0.3 is 0 Å². The van der Waals surface area contributed by atoms with Crippen LogP contribution < -0.4 is 0 Å². The fourth-order valence-electron chi connectivity index (χ4n) is 2.44. The van der Waals surface area contributed by atoms with Crippen LogP contribution in [0.5, 0.6) is 0 Å². The Morgan fingerprint density at radius 2 is 2.12 bits per heavy atom. The first-order valence-corrected chi connectivity index (χ1v) is 6.40. The fourth-order valence-corrected chi connectivity index (χ4v) is 2.44. The highest BCUT2D eigenvalue weighted by atomic mass is 14.3. The van der Waals surface area contributed by atoms with Gasteiger partial charge in [-0.2, -0.15) is 5.26 Å². The van der Waals surface area contributed by atoms with Crippen LogP contribution in [-0.2, 0) is 0 Å². The number of benzene rings is 1. The van der Waals surface area contributed by atoms with E-state index < -0.39 is 12.8 Å². The second-order valence-corrected chi connectivity index (χ2v) is 4.75. The van der Waals surface area contributed by atoms with Crippen LogP contribution in [0.1, 0.15) is 66.5 Å². The lowest BCUT2D eigenvalue weighted by molar-refractivity contribution is 0.308. The summed E-state index contributed by atoms with van der Waals surface area (Å²) in [5.41, 5.74) is 1.43. The van der Waals surface area contributed by atoms with E-state index in [9.17, 15) is 0 Å². The van der Waals surface area contributed by atoms with E-state index in [1.54, 1.807) is 12.1 Å². The average Bonchev–Trinajstić information content (AvgIpc) is 2.38. The van der Waals surface area contributed by atoms with Gasteiger partial charge in [-0.3, -0.25) is 0 Å². The molecule has 2 rings (SSSR count). The highest BCUT2D eigenvalue weighted by Gasteiger charge is 2.21. The van der Waals surface area contributed by atoms with Crippen molar-refractivity contribution in [3.8, 4) is 6.07 Å². The number of hydrogen-bond acceptors (Lipinski definition) is 1. The van der Waals surface area contributed by atoms with Crippen molar-refractivity contribution in [3.63, 3.8) is 0 Å². The van der Waals surface area contributed by atoms with Gasteiger partial charge in [-0.05, 0) is 55.1 Å². The molecule has 0 heterocycles. The smallest absolute Gasteiger partial charge is 0.0991 e. The highest BCUT2D eigenvalue weighted by molar-refractivity contribution is 5.33. The van der Waals surface area contributed by atoms with Gasteiger partial charge in [-0.15, -0.1) is 0 Å². The van der Waals surface area contributed by atoms with Crippen molar-refractivity contribution in [2.24, 2.45) is 5.92 Å². The van der Waals surface area contributed by atoms with Crippen LogP contribution in [0.25, 0.3) is 0 Å². The molecule has 0 N–H and O–H groups in total. The lowest BCUT2D eigenvalue weighted by Crippen LogP contribution is -2.13. The van der Waals surface area contributed by atoms with Crippen LogP contribution >= 0.6 is 0 Å². The zero-order valence-electron chi connectivity index (χ0n) is 13.3. The van der Waals surface area contributed by atoms with Crippen molar-refractivity contribution < 1.29 is 4.11 Å². The monoisotopic (exact) mass is 230 g/mol. The molecule has 1 aromatic rings. The van der Waals surface area contributed by atoms with Crippen molar-refractivity contribution in [2.75, 3.05) is 0 Å². The first-order chi connectivity index (χ1) is 9.47. The maximum atomic E-state index is 8.83. The summed E-state index contributed by atoms with van der Waals surface area (Å²) in [7, 11) is 0. The molecule has 0 bridgehead atoms. The van der Waals surface area contributed by atoms with E-state index in [1.165, 1.54) is 0 Å². The minimum absolute atomic E-state index is 0.326. The van der Waals surface area contributed by atoms with E-state index in [0.717, 1.165) is 24.8 Å². The van der Waals surface area contributed by atoms with Crippen molar-refractivity contribution in [3.05, 3.63) is 35.4 Å². The minimum Gasteiger partial charge on any atom is -0.192 e. The summed E-state index contributed by atoms with van der Waals surface area (Å²) in [6, 6.07) is 9.13. The Morgan fingerprint density at radius 1 is 1.35 bits per heavy atom. The largest absolute Gasteiger partial charge is 0.192 e. The SMILES string of the molecule is [2H]C1CC(CCC)CC([2H])([2H])C1c1ccc(C#N)cc1. The topological polar surface area (TPSA) is 23.8 Å². The third-order valence-corrected chi connectivity index (χ3v) is 3.43. The molecule has 90 valence electrons. The molecule has 3 atom stereocenters. The van der Waals surface area contributed by atoms with Gasteiger partial charge in [0.2, 0.25) is 0 Å². The summed E-state index contributed by atoms with van der Waals surface area (Å²) < 4.78 is 25.0. The van der Waals surface area contributed by atoms with Crippen LogP contribution in [0.3, 0.4) is 0 Å². The van der Waals surface area contributed by atoms with Gasteiger partial charge in [0.1, 0.15) is 0 Å². The summed E-state index contributed by atoms with van der Waals surface area (Å²) in [5.74, 6) is -0.0597. The minimum atomic E-state index is -1.33. The lowest BCUT2D eigenvalue weighted by atomic mass is 9.77. The van der Waals surface area contributed by atoms with Crippen LogP contribution in [0.2, 0.25) is 0 Å². The van der Waals surface area contributed by atoms with E-state index in [4.69, 9.17) is 9.37 Å². The molecule has 1 aliphatic rings. The Bertz CT molecular complexity index is 489. The van der Waals surface area contributed by atoms with Crippen LogP contribution in [-0.4, -0.2) is 0 Å². The second kappa shape index (κ2) is 5.87. The van der Waals surface area contributed by atoms with E-state index in [2.05, 4.69) is 13.0 Å². The predicted octanol–water partition coefficient (Wildman–Crippen LogP) is 4.63. The molecule has 0 saturated heterocycles. The van der Waals surface area contributed by atoms with Crippen molar-refractivity contribution in [2.45, 2.75) is 51.3 Å². The first-order valence-electron chi connectivity index (χ1n) is 7.98. The number of nitrogens with zero attached hydrogens (tertiary/aromatic N) is 1. The van der Waals surface area contributed by atoms with E-state index >= 15 is 0 Å². The van der Waals surface area contributed by atoms with Gasteiger partial charge in [-0.25, -0.2) is 0 Å². The molecule has 0 spiro atoms. The van der Waals surface area contributed by atoms with Gasteiger partial charge >= 0.3 is 0 Å². The van der Waals surface area contributed by atoms with Gasteiger partial charge in [-0.1, -0.05) is 31.9 Å². The first kappa shape index (κ1) is 8.75. The molecule has 1 aliphatic carbocycles. The van der Waals surface area contributed by atoms with E-state index in [-0.39, 0.29) is 5.92 Å². The molecule has 1 saturated carbocycles. The molecule has 0 aromatic heterocycles. The highest BCUT2D eigenvalue weighted by Crippen LogP contribution is 2.37. The summed E-state index contributed by atoms with van der Waals surface area (Å²) in [5, 5.41) is 8.83. The molecule has 1 heteroatoms. The fraction of sp³-hybridized carbons (Fsp3) is 0.562. The van der Waals surface area contributed by atoms with Gasteiger partial charge in [0.15, 0.2) is 0 Å². The second-order valence-electron chi connectivity index (χ2n) is 4.75. The Kier molecular flexibility index (Phi) is 3.02. The Balaban J connectivity index is 2.24. The summed E-state index contributed by atoms with van der Waals surface area (Å²) in [4.78, 5) is 0. The molecular weight excluding hydrogens is 206 g/mol. The maximum Gasteiger partial charge on any atom is 0.0991 e. The van der Waals surface area contributed by atoms with Gasteiger partial charge in [0.25, 0.3) is 0 Å². The summed E-state index contributed by atoms with van der Waals surface area (Å²) in [6.45, 7) is 2.11. The van der Waals surface area contributed by atoms with Crippen LogP contribution in [0.4, 0.5) is 0 Å². The van der Waals surface area contributed by atoms with Crippen molar-refractivity contribution in [1.29, 1.82) is 5.26 Å². The molecule has 0 radical (unpaired) electrons. The Morgan fingerprint density at radius 3 is 2.71 bits per heavy atom. The van der Waals surface area contributed by atoms with Crippen molar-refractivity contribution >= 4 is 0 Å². The standard InChI is InChI=1S/C16H21N/c1-2-3-13-4-8-15(9-5-13)16-10-6-14(12-17)7-11-16/h6-7,10-11,13,15H,2-5,8-9H2,1H3/i8D,9D2. The third-order valence-electron chi connectivity index (χ3n) is 3.43. The summed E-state index contributed by atoms with van der Waals surface area (Å²) >= 11 is 0. The predicted molar refractivity (Wildman–Crippen MR) is 70.8 cm³/mol. The molecule has 17 heavy (non-hydrogen) atoms. The van der Waals surface area contributed by atoms with Gasteiger partial charge in [0.05, 0.1) is 11.6 Å². The normalized spacial score (nSPS) is 34.1. The third kappa shape index (κ3) is 3.09. The molecule has 1 aromatic carbocycles. The maximum absolute atomic E-state index is 8.83. The van der Waals surface area contributed by atoms with Crippen LogP contribution in [0, 0.1) is 17.2 Å². The zero-order chi connectivity index (χ0) is 14.8. The van der Waals surface area contributed by atoms with Crippen molar-refractivity contribution in [1.82, 2.24) is 0 Å². The Hall–Kier alpha value is -1.29. The quantitative estimate of drug-likeness (QED) is 0.742. The lowest BCUT2D eigenvalue weighted by Gasteiger charge is -2.28. The zero-order valence-corrected chi connectivity index (χ0v) is 10.3. The molecule has 3 unspecified atom stereocenters. The van der Waals surface area contributed by atoms with Gasteiger partial charge in [0, 0.05) is 4.11 Å². The number of hydrogen-bond donors (Lipinski definition) is 0. The van der Waals surface area contributed by atoms with E-state index in [1.807, 2.05) is 12.1 Å². The molecular formula is C16H21N. The van der Waals surface area contributed by atoms with E-state index in [0.29, 0.717) is 17.9 Å². The molecule has 0 aliphatic heterocycles. The number of rotatable bonds is 3. The molecule has 1 fully saturated rings.